The molecule has 3 heterocycles. The van der Waals surface area contributed by atoms with E-state index in [1.165, 1.54) is 0 Å². The number of aromatic nitrogens is 3. The molecule has 1 N–H and O–H groups in total. The molecule has 0 spiro atoms. The summed E-state index contributed by atoms with van der Waals surface area (Å²) in [7, 11) is 2.09. The van der Waals surface area contributed by atoms with E-state index in [0.29, 0.717) is 0 Å². The van der Waals surface area contributed by atoms with Crippen molar-refractivity contribution in [2.45, 2.75) is 6.92 Å². The zero-order chi connectivity index (χ0) is 20.0. The maximum Gasteiger partial charge on any atom is 0.253 e. The SMILES string of the molecule is Cc1cc(-c2ccc(C(=O)N3CCN(C)CC3)cc2)nc2ccc3[nH]ncc3c12. The molecular weight excluding hydrogens is 362 g/mol. The minimum absolute atomic E-state index is 0.106. The highest BCUT2D eigenvalue weighted by Crippen LogP contribution is 2.29. The van der Waals surface area contributed by atoms with Gasteiger partial charge in [0.15, 0.2) is 0 Å². The molecule has 0 radical (unpaired) electrons. The van der Waals surface area contributed by atoms with Gasteiger partial charge >= 0.3 is 0 Å². The number of nitrogens with zero attached hydrogens (tertiary/aromatic N) is 4. The summed E-state index contributed by atoms with van der Waals surface area (Å²) < 4.78 is 0. The number of H-pyrrole nitrogens is 1. The second-order valence-electron chi connectivity index (χ2n) is 7.79. The number of aryl methyl sites for hydroxylation is 1. The van der Waals surface area contributed by atoms with Crippen LogP contribution in [0.1, 0.15) is 15.9 Å². The first-order chi connectivity index (χ1) is 14.1. The van der Waals surface area contributed by atoms with Gasteiger partial charge in [0.1, 0.15) is 0 Å². The van der Waals surface area contributed by atoms with Crippen molar-refractivity contribution >= 4 is 27.7 Å². The lowest BCUT2D eigenvalue weighted by atomic mass is 10.0. The Morgan fingerprint density at radius 1 is 1.03 bits per heavy atom. The number of pyridine rings is 1. The van der Waals surface area contributed by atoms with Crippen molar-refractivity contribution in [2.75, 3.05) is 33.2 Å². The van der Waals surface area contributed by atoms with E-state index in [4.69, 9.17) is 4.98 Å². The van der Waals surface area contributed by atoms with Gasteiger partial charge in [-0.3, -0.25) is 9.89 Å². The standard InChI is InChI=1S/C23H23N5O/c1-15-13-21(25-20-8-7-19-18(22(15)20)14-24-26-19)16-3-5-17(6-4-16)23(29)28-11-9-27(2)10-12-28/h3-8,13-14H,9-12H2,1-2H3,(H,24,26). The Bertz CT molecular complexity index is 1200. The van der Waals surface area contributed by atoms with E-state index in [0.717, 1.165) is 70.4 Å². The molecule has 2 aromatic carbocycles. The van der Waals surface area contributed by atoms with Crippen LogP contribution in [0.15, 0.2) is 48.7 Å². The van der Waals surface area contributed by atoms with Crippen LogP contribution in [0.2, 0.25) is 0 Å². The summed E-state index contributed by atoms with van der Waals surface area (Å²) in [6.07, 6.45) is 1.85. The Morgan fingerprint density at radius 2 is 1.79 bits per heavy atom. The molecule has 0 aliphatic carbocycles. The lowest BCUT2D eigenvalue weighted by Gasteiger charge is -2.32. The molecule has 1 saturated heterocycles. The molecule has 0 unspecified atom stereocenters. The van der Waals surface area contributed by atoms with Gasteiger partial charge in [0.25, 0.3) is 5.91 Å². The first-order valence-corrected chi connectivity index (χ1v) is 9.92. The molecule has 1 aliphatic rings. The lowest BCUT2D eigenvalue weighted by molar-refractivity contribution is 0.0664. The first kappa shape index (κ1) is 17.8. The summed E-state index contributed by atoms with van der Waals surface area (Å²) >= 11 is 0. The fraction of sp³-hybridized carbons (Fsp3) is 0.261. The van der Waals surface area contributed by atoms with E-state index < -0.39 is 0 Å². The maximum atomic E-state index is 12.8. The number of aromatic amines is 1. The number of carbonyl (C=O) groups is 1. The minimum atomic E-state index is 0.106. The Morgan fingerprint density at radius 3 is 2.55 bits per heavy atom. The fourth-order valence-corrected chi connectivity index (χ4v) is 4.08. The highest BCUT2D eigenvalue weighted by Gasteiger charge is 2.20. The molecule has 146 valence electrons. The number of benzene rings is 2. The van der Waals surface area contributed by atoms with Crippen molar-refractivity contribution in [1.29, 1.82) is 0 Å². The van der Waals surface area contributed by atoms with Crippen molar-refractivity contribution < 1.29 is 4.79 Å². The van der Waals surface area contributed by atoms with E-state index in [9.17, 15) is 4.79 Å². The zero-order valence-electron chi connectivity index (χ0n) is 16.6. The molecule has 0 saturated carbocycles. The minimum Gasteiger partial charge on any atom is -0.336 e. The van der Waals surface area contributed by atoms with Crippen molar-refractivity contribution in [3.05, 3.63) is 59.8 Å². The summed E-state index contributed by atoms with van der Waals surface area (Å²) in [6, 6.07) is 14.0. The van der Waals surface area contributed by atoms with Crippen LogP contribution in [0.4, 0.5) is 0 Å². The third-order valence-electron chi connectivity index (χ3n) is 5.81. The van der Waals surface area contributed by atoms with E-state index in [1.54, 1.807) is 0 Å². The average Bonchev–Trinajstić information content (AvgIpc) is 3.22. The first-order valence-electron chi connectivity index (χ1n) is 9.92. The highest BCUT2D eigenvalue weighted by molar-refractivity contribution is 6.06. The van der Waals surface area contributed by atoms with Gasteiger partial charge in [-0.2, -0.15) is 5.10 Å². The molecule has 6 nitrogen and oxygen atoms in total. The molecule has 2 aromatic heterocycles. The number of hydrogen-bond donors (Lipinski definition) is 1. The zero-order valence-corrected chi connectivity index (χ0v) is 16.6. The number of piperazine rings is 1. The second kappa shape index (κ2) is 6.97. The fourth-order valence-electron chi connectivity index (χ4n) is 4.08. The third-order valence-corrected chi connectivity index (χ3v) is 5.81. The number of rotatable bonds is 2. The van der Waals surface area contributed by atoms with E-state index in [-0.39, 0.29) is 5.91 Å². The molecule has 0 bridgehead atoms. The third kappa shape index (κ3) is 3.15. The van der Waals surface area contributed by atoms with Gasteiger partial charge in [-0.15, -0.1) is 0 Å². The molecule has 0 atom stereocenters. The van der Waals surface area contributed by atoms with Crippen LogP contribution in [0.3, 0.4) is 0 Å². The van der Waals surface area contributed by atoms with Crippen LogP contribution in [0.5, 0.6) is 0 Å². The quantitative estimate of drug-likeness (QED) is 0.574. The predicted octanol–water partition coefficient (Wildman–Crippen LogP) is 3.47. The summed E-state index contributed by atoms with van der Waals surface area (Å²) in [5, 5.41) is 9.38. The number of likely N-dealkylation sites (N-methyl/N-ethyl adjacent to an activating group) is 1. The molecule has 6 heteroatoms. The van der Waals surface area contributed by atoms with Crippen LogP contribution >= 0.6 is 0 Å². The highest BCUT2D eigenvalue weighted by atomic mass is 16.2. The van der Waals surface area contributed by atoms with Crippen LogP contribution < -0.4 is 0 Å². The number of carbonyl (C=O) groups excluding carboxylic acids is 1. The van der Waals surface area contributed by atoms with Crippen LogP contribution in [0, 0.1) is 6.92 Å². The van der Waals surface area contributed by atoms with E-state index in [1.807, 2.05) is 47.5 Å². The Balaban J connectivity index is 1.46. The lowest BCUT2D eigenvalue weighted by Crippen LogP contribution is -2.47. The van der Waals surface area contributed by atoms with E-state index in [2.05, 4.69) is 35.1 Å². The largest absolute Gasteiger partial charge is 0.336 e. The predicted molar refractivity (Wildman–Crippen MR) is 115 cm³/mol. The van der Waals surface area contributed by atoms with Crippen molar-refractivity contribution in [2.24, 2.45) is 0 Å². The number of fused-ring (bicyclic) bond motifs is 3. The number of nitrogens with one attached hydrogen (secondary N) is 1. The normalized spacial score (nSPS) is 15.3. The summed E-state index contributed by atoms with van der Waals surface area (Å²) in [6.45, 7) is 5.52. The average molecular weight is 385 g/mol. The monoisotopic (exact) mass is 385 g/mol. The van der Waals surface area contributed by atoms with Crippen LogP contribution in [0.25, 0.3) is 33.1 Å². The molecular formula is C23H23N5O. The molecule has 29 heavy (non-hydrogen) atoms. The van der Waals surface area contributed by atoms with Crippen molar-refractivity contribution in [1.82, 2.24) is 25.0 Å². The van der Waals surface area contributed by atoms with Crippen LogP contribution in [-0.2, 0) is 0 Å². The van der Waals surface area contributed by atoms with Gasteiger partial charge in [0.05, 0.1) is 22.9 Å². The molecule has 1 fully saturated rings. The van der Waals surface area contributed by atoms with Crippen LogP contribution in [-0.4, -0.2) is 64.1 Å². The Kier molecular flexibility index (Phi) is 4.28. The summed E-state index contributed by atoms with van der Waals surface area (Å²) in [4.78, 5) is 21.8. The van der Waals surface area contributed by atoms with Gasteiger partial charge in [-0.05, 0) is 49.9 Å². The molecule has 4 aromatic rings. The Hall–Kier alpha value is -3.25. The molecule has 1 amide bonds. The van der Waals surface area contributed by atoms with Crippen molar-refractivity contribution in [3.8, 4) is 11.3 Å². The Labute approximate surface area is 169 Å². The van der Waals surface area contributed by atoms with Gasteiger partial charge < -0.3 is 9.80 Å². The topological polar surface area (TPSA) is 65.1 Å². The summed E-state index contributed by atoms with van der Waals surface area (Å²) in [5.74, 6) is 0.106. The summed E-state index contributed by atoms with van der Waals surface area (Å²) in [5.41, 5.74) is 5.78. The van der Waals surface area contributed by atoms with Gasteiger partial charge in [0, 0.05) is 48.1 Å². The van der Waals surface area contributed by atoms with Gasteiger partial charge in [0.2, 0.25) is 0 Å². The molecule has 1 aliphatic heterocycles. The van der Waals surface area contributed by atoms with Crippen molar-refractivity contribution in [3.63, 3.8) is 0 Å². The second-order valence-corrected chi connectivity index (χ2v) is 7.79. The van der Waals surface area contributed by atoms with Gasteiger partial charge in [-0.1, -0.05) is 12.1 Å². The number of amides is 1. The molecule has 5 rings (SSSR count). The smallest absolute Gasteiger partial charge is 0.253 e. The van der Waals surface area contributed by atoms with Gasteiger partial charge in [-0.25, -0.2) is 4.98 Å². The number of hydrogen-bond acceptors (Lipinski definition) is 4. The van der Waals surface area contributed by atoms with E-state index >= 15 is 0 Å². The maximum absolute atomic E-state index is 12.8.